The molecule has 2 rings (SSSR count). The van der Waals surface area contributed by atoms with E-state index in [1.165, 1.54) is 0 Å². The second kappa shape index (κ2) is 6.84. The van der Waals surface area contributed by atoms with Crippen LogP contribution in [0.4, 0.5) is 0 Å². The van der Waals surface area contributed by atoms with Crippen molar-refractivity contribution in [2.24, 2.45) is 0 Å². The molecule has 0 saturated heterocycles. The Morgan fingerprint density at radius 1 is 0.824 bits per heavy atom. The number of rotatable bonds is 6. The van der Waals surface area contributed by atoms with Crippen molar-refractivity contribution in [3.8, 4) is 0 Å². The van der Waals surface area contributed by atoms with Gasteiger partial charge in [-0.2, -0.15) is 0 Å². The van der Waals surface area contributed by atoms with E-state index in [1.807, 2.05) is 60.7 Å². The Hall–Kier alpha value is -1.64. The predicted molar refractivity (Wildman–Crippen MR) is 67.0 cm³/mol. The van der Waals surface area contributed by atoms with Crippen molar-refractivity contribution in [1.82, 2.24) is 0 Å². The zero-order valence-corrected chi connectivity index (χ0v) is 9.58. The zero-order valence-electron chi connectivity index (χ0n) is 9.58. The number of ether oxygens (including phenoxy) is 2. The first kappa shape index (κ1) is 11.8. The smallest absolute Gasteiger partial charge is 0.148 e. The minimum absolute atomic E-state index is 0.268. The molecule has 1 radical (unpaired) electrons. The molecule has 0 fully saturated rings. The van der Waals surface area contributed by atoms with Crippen molar-refractivity contribution in [2.75, 3.05) is 6.79 Å². The molecule has 0 bridgehead atoms. The summed E-state index contributed by atoms with van der Waals surface area (Å²) >= 11 is 0. The van der Waals surface area contributed by atoms with Gasteiger partial charge in [0.25, 0.3) is 0 Å². The van der Waals surface area contributed by atoms with Crippen molar-refractivity contribution >= 4 is 0 Å². The average Bonchev–Trinajstić information content (AvgIpc) is 2.41. The highest BCUT2D eigenvalue weighted by Gasteiger charge is 1.94. The Morgan fingerprint density at radius 2 is 1.47 bits per heavy atom. The Labute approximate surface area is 102 Å². The summed E-state index contributed by atoms with van der Waals surface area (Å²) in [5.74, 6) is 0. The average molecular weight is 227 g/mol. The molecule has 0 spiro atoms. The van der Waals surface area contributed by atoms with Gasteiger partial charge in [-0.3, -0.25) is 0 Å². The maximum atomic E-state index is 5.39. The molecule has 0 aromatic heterocycles. The van der Waals surface area contributed by atoms with Gasteiger partial charge in [-0.1, -0.05) is 60.7 Å². The van der Waals surface area contributed by atoms with Gasteiger partial charge in [0.05, 0.1) is 6.61 Å². The molecule has 2 heteroatoms. The van der Waals surface area contributed by atoms with E-state index in [1.54, 1.807) is 6.61 Å². The van der Waals surface area contributed by atoms with Crippen LogP contribution in [0.1, 0.15) is 11.1 Å². The van der Waals surface area contributed by atoms with Crippen molar-refractivity contribution in [2.45, 2.75) is 6.61 Å². The quantitative estimate of drug-likeness (QED) is 0.556. The van der Waals surface area contributed by atoms with Crippen LogP contribution >= 0.6 is 0 Å². The normalized spacial score (nSPS) is 10.4. The van der Waals surface area contributed by atoms with Gasteiger partial charge < -0.3 is 9.47 Å². The molecule has 17 heavy (non-hydrogen) atoms. The predicted octanol–water partition coefficient (Wildman–Crippen LogP) is 3.39. The molecular formula is C15H15O2. The largest absolute Gasteiger partial charge is 0.351 e. The highest BCUT2D eigenvalue weighted by atomic mass is 16.7. The lowest BCUT2D eigenvalue weighted by atomic mass is 10.2. The molecule has 87 valence electrons. The Balaban J connectivity index is 1.61. The van der Waals surface area contributed by atoms with Gasteiger partial charge in [-0.15, -0.1) is 0 Å². The van der Waals surface area contributed by atoms with Crippen LogP contribution in [0.2, 0.25) is 0 Å². The van der Waals surface area contributed by atoms with E-state index in [-0.39, 0.29) is 6.79 Å². The van der Waals surface area contributed by atoms with Crippen molar-refractivity contribution < 1.29 is 9.47 Å². The van der Waals surface area contributed by atoms with E-state index < -0.39 is 0 Å². The molecule has 0 aliphatic heterocycles. The molecule has 0 aliphatic carbocycles. The summed E-state index contributed by atoms with van der Waals surface area (Å²) in [7, 11) is 0. The van der Waals surface area contributed by atoms with Gasteiger partial charge in [-0.05, 0) is 11.1 Å². The van der Waals surface area contributed by atoms with Crippen LogP contribution in [-0.2, 0) is 16.1 Å². The molecule has 0 N–H and O–H groups in total. The highest BCUT2D eigenvalue weighted by Crippen LogP contribution is 2.04. The highest BCUT2D eigenvalue weighted by molar-refractivity contribution is 5.19. The lowest BCUT2D eigenvalue weighted by molar-refractivity contribution is -0.0329. The maximum absolute atomic E-state index is 5.39. The summed E-state index contributed by atoms with van der Waals surface area (Å²) in [6, 6.07) is 19.9. The Kier molecular flexibility index (Phi) is 4.76. The first-order valence-corrected chi connectivity index (χ1v) is 5.57. The molecule has 0 amide bonds. The molecule has 2 aromatic carbocycles. The molecule has 2 nitrogen and oxygen atoms in total. The summed E-state index contributed by atoms with van der Waals surface area (Å²) in [6.45, 7) is 2.54. The van der Waals surface area contributed by atoms with E-state index in [0.29, 0.717) is 6.61 Å². The van der Waals surface area contributed by atoms with Gasteiger partial charge in [0, 0.05) is 0 Å². The topological polar surface area (TPSA) is 18.5 Å². The second-order valence-electron chi connectivity index (χ2n) is 3.65. The van der Waals surface area contributed by atoms with Gasteiger partial charge in [0.2, 0.25) is 0 Å². The van der Waals surface area contributed by atoms with Crippen LogP contribution < -0.4 is 0 Å². The van der Waals surface area contributed by atoms with Crippen LogP contribution in [0, 0.1) is 6.61 Å². The summed E-state index contributed by atoms with van der Waals surface area (Å²) in [5.41, 5.74) is 2.19. The van der Waals surface area contributed by atoms with Gasteiger partial charge in [0.15, 0.2) is 0 Å². The third kappa shape index (κ3) is 4.39. The molecule has 0 aliphatic rings. The Morgan fingerprint density at radius 3 is 2.18 bits per heavy atom. The molecule has 0 saturated carbocycles. The van der Waals surface area contributed by atoms with Crippen LogP contribution in [-0.4, -0.2) is 6.79 Å². The van der Waals surface area contributed by atoms with E-state index >= 15 is 0 Å². The first-order valence-electron chi connectivity index (χ1n) is 5.57. The lowest BCUT2D eigenvalue weighted by Gasteiger charge is -2.05. The van der Waals surface area contributed by atoms with E-state index in [0.717, 1.165) is 11.1 Å². The second-order valence-corrected chi connectivity index (χ2v) is 3.65. The van der Waals surface area contributed by atoms with Gasteiger partial charge >= 0.3 is 0 Å². The minimum atomic E-state index is 0.268. The molecule has 0 atom stereocenters. The van der Waals surface area contributed by atoms with Crippen molar-refractivity contribution in [1.29, 1.82) is 0 Å². The summed E-state index contributed by atoms with van der Waals surface area (Å²) in [5, 5.41) is 0. The summed E-state index contributed by atoms with van der Waals surface area (Å²) < 4.78 is 10.7. The van der Waals surface area contributed by atoms with Crippen molar-refractivity contribution in [3.05, 3.63) is 78.4 Å². The zero-order chi connectivity index (χ0) is 11.8. The van der Waals surface area contributed by atoms with E-state index in [4.69, 9.17) is 9.47 Å². The third-order valence-electron chi connectivity index (χ3n) is 2.28. The molecule has 0 heterocycles. The minimum Gasteiger partial charge on any atom is -0.351 e. The summed E-state index contributed by atoms with van der Waals surface area (Å²) in [4.78, 5) is 0. The molecule has 2 aromatic rings. The maximum Gasteiger partial charge on any atom is 0.148 e. The number of hydrogen-bond acceptors (Lipinski definition) is 2. The number of benzene rings is 2. The fraction of sp³-hybridized carbons (Fsp3) is 0.133. The van der Waals surface area contributed by atoms with Crippen LogP contribution in [0.25, 0.3) is 0 Å². The van der Waals surface area contributed by atoms with E-state index in [2.05, 4.69) is 0 Å². The van der Waals surface area contributed by atoms with Gasteiger partial charge in [-0.25, -0.2) is 0 Å². The Bertz CT molecular complexity index is 370. The first-order chi connectivity index (χ1) is 8.45. The fourth-order valence-corrected chi connectivity index (χ4v) is 1.44. The van der Waals surface area contributed by atoms with Crippen LogP contribution in [0.15, 0.2) is 60.7 Å². The third-order valence-corrected chi connectivity index (χ3v) is 2.28. The van der Waals surface area contributed by atoms with E-state index in [9.17, 15) is 0 Å². The lowest BCUT2D eigenvalue weighted by Crippen LogP contribution is -1.99. The summed E-state index contributed by atoms with van der Waals surface area (Å²) in [6.07, 6.45) is 0. The fourth-order valence-electron chi connectivity index (χ4n) is 1.44. The SMILES string of the molecule is [CH](OCOCc1ccccc1)c1ccccc1. The molecule has 0 unspecified atom stereocenters. The molecular weight excluding hydrogens is 212 g/mol. The number of hydrogen-bond donors (Lipinski definition) is 0. The standard InChI is InChI=1S/C15H15O2/c1-3-7-14(8-4-1)11-16-13-17-12-15-9-5-2-6-10-15/h1-11H,12-13H2. The van der Waals surface area contributed by atoms with Crippen molar-refractivity contribution in [3.63, 3.8) is 0 Å². The van der Waals surface area contributed by atoms with Crippen LogP contribution in [0.3, 0.4) is 0 Å². The van der Waals surface area contributed by atoms with Gasteiger partial charge in [0.1, 0.15) is 13.4 Å². The monoisotopic (exact) mass is 227 g/mol. The van der Waals surface area contributed by atoms with Crippen LogP contribution in [0.5, 0.6) is 0 Å².